The van der Waals surface area contributed by atoms with Gasteiger partial charge in [0.15, 0.2) is 0 Å². The van der Waals surface area contributed by atoms with Crippen molar-refractivity contribution in [2.24, 2.45) is 5.73 Å². The minimum atomic E-state index is -0.760. The molecule has 1 aliphatic carbocycles. The molecule has 3 N–H and O–H groups in total. The van der Waals surface area contributed by atoms with Gasteiger partial charge in [0.2, 0.25) is 11.8 Å². The van der Waals surface area contributed by atoms with E-state index in [0.29, 0.717) is 0 Å². The molecule has 1 aliphatic rings. The van der Waals surface area contributed by atoms with Crippen LogP contribution >= 0.6 is 0 Å². The van der Waals surface area contributed by atoms with Crippen molar-refractivity contribution < 1.29 is 14.1 Å². The van der Waals surface area contributed by atoms with Gasteiger partial charge in [-0.25, -0.2) is 0 Å². The first-order valence-corrected chi connectivity index (χ1v) is 8.08. The van der Waals surface area contributed by atoms with E-state index in [1.807, 2.05) is 30.3 Å². The highest BCUT2D eigenvalue weighted by Crippen LogP contribution is 2.39. The topological polar surface area (TPSA) is 111 Å². The van der Waals surface area contributed by atoms with Crippen molar-refractivity contribution >= 4 is 11.8 Å². The Kier molecular flexibility index (Phi) is 4.59. The summed E-state index contributed by atoms with van der Waals surface area (Å²) >= 11 is 0. The van der Waals surface area contributed by atoms with Crippen LogP contribution in [-0.4, -0.2) is 22.0 Å². The number of nitrogens with zero attached hydrogens (tertiary/aromatic N) is 2. The molecule has 7 nitrogen and oxygen atoms in total. The number of primary amides is 1. The second kappa shape index (κ2) is 6.82. The number of nitrogens with one attached hydrogen (secondary N) is 1. The molecule has 126 valence electrons. The maximum atomic E-state index is 12.9. The van der Waals surface area contributed by atoms with Crippen molar-refractivity contribution in [2.75, 3.05) is 0 Å². The molecule has 0 spiro atoms. The minimum absolute atomic E-state index is 0.0489. The number of carbonyl (C=O) groups is 2. The lowest BCUT2D eigenvalue weighted by molar-refractivity contribution is -0.128. The molecule has 0 bridgehead atoms. The summed E-state index contributed by atoms with van der Waals surface area (Å²) in [5.74, 6) is -0.831. The number of hydrogen-bond acceptors (Lipinski definition) is 5. The average molecular weight is 328 g/mol. The second-order valence-corrected chi connectivity index (χ2v) is 6.07. The van der Waals surface area contributed by atoms with E-state index in [0.717, 1.165) is 37.7 Å². The maximum absolute atomic E-state index is 12.9. The fourth-order valence-electron chi connectivity index (χ4n) is 3.31. The molecule has 0 radical (unpaired) electrons. The molecular formula is C17H20N4O3. The second-order valence-electron chi connectivity index (χ2n) is 6.07. The van der Waals surface area contributed by atoms with Gasteiger partial charge in [0.1, 0.15) is 0 Å². The Bertz CT molecular complexity index is 720. The molecule has 0 saturated heterocycles. The third-order valence-electron chi connectivity index (χ3n) is 4.56. The summed E-state index contributed by atoms with van der Waals surface area (Å²) in [5.41, 5.74) is 5.60. The number of nitrogens with two attached hydrogens (primary N) is 1. The Morgan fingerprint density at radius 1 is 1.17 bits per heavy atom. The summed E-state index contributed by atoms with van der Waals surface area (Å²) in [7, 11) is 0. The lowest BCUT2D eigenvalue weighted by Gasteiger charge is -2.36. The highest BCUT2D eigenvalue weighted by molar-refractivity contribution is 5.89. The smallest absolute Gasteiger partial charge is 0.290 e. The molecule has 7 heteroatoms. The van der Waals surface area contributed by atoms with Crippen LogP contribution in [0, 0.1) is 0 Å². The predicted molar refractivity (Wildman–Crippen MR) is 85.9 cm³/mol. The van der Waals surface area contributed by atoms with Crippen molar-refractivity contribution in [1.29, 1.82) is 0 Å². The number of amides is 2. The zero-order chi connectivity index (χ0) is 17.0. The summed E-state index contributed by atoms with van der Waals surface area (Å²) in [5, 5.41) is 6.34. The molecule has 1 aromatic heterocycles. The van der Waals surface area contributed by atoms with Gasteiger partial charge < -0.3 is 15.6 Å². The standard InChI is InChI=1S/C17H20N4O3/c18-14(22)15-20-13(24-21-15)11-19-16(23)17(9-5-2-6-10-17)12-7-3-1-4-8-12/h1,3-4,7-8H,2,5-6,9-11H2,(H2,18,22)(H,19,23). The summed E-state index contributed by atoms with van der Waals surface area (Å²) in [6.07, 6.45) is 4.83. The molecule has 0 unspecified atom stereocenters. The Balaban J connectivity index is 1.75. The zero-order valence-corrected chi connectivity index (χ0v) is 13.3. The van der Waals surface area contributed by atoms with Gasteiger partial charge in [-0.3, -0.25) is 9.59 Å². The molecule has 24 heavy (non-hydrogen) atoms. The van der Waals surface area contributed by atoms with Gasteiger partial charge in [-0.15, -0.1) is 0 Å². The number of carbonyl (C=O) groups excluding carboxylic acids is 2. The van der Waals surface area contributed by atoms with E-state index in [4.69, 9.17) is 10.3 Å². The Morgan fingerprint density at radius 3 is 2.50 bits per heavy atom. The van der Waals surface area contributed by atoms with Gasteiger partial charge in [0.05, 0.1) is 12.0 Å². The fraction of sp³-hybridized carbons (Fsp3) is 0.412. The van der Waals surface area contributed by atoms with Crippen LogP contribution in [0.25, 0.3) is 0 Å². The molecule has 0 atom stereocenters. The number of benzene rings is 1. The number of rotatable bonds is 5. The fourth-order valence-corrected chi connectivity index (χ4v) is 3.31. The first-order chi connectivity index (χ1) is 11.6. The van der Waals surface area contributed by atoms with Crippen molar-refractivity contribution in [3.8, 4) is 0 Å². The van der Waals surface area contributed by atoms with Gasteiger partial charge in [-0.2, -0.15) is 4.98 Å². The maximum Gasteiger partial charge on any atom is 0.290 e. The third kappa shape index (κ3) is 3.15. The van der Waals surface area contributed by atoms with Gasteiger partial charge in [0.25, 0.3) is 11.7 Å². The van der Waals surface area contributed by atoms with Crippen LogP contribution in [0.4, 0.5) is 0 Å². The van der Waals surface area contributed by atoms with E-state index in [1.54, 1.807) is 0 Å². The van der Waals surface area contributed by atoms with Crippen LogP contribution in [0.1, 0.15) is 54.2 Å². The first-order valence-electron chi connectivity index (χ1n) is 8.08. The molecule has 2 amide bonds. The van der Waals surface area contributed by atoms with Crippen LogP contribution in [0.5, 0.6) is 0 Å². The molecule has 0 aliphatic heterocycles. The lowest BCUT2D eigenvalue weighted by Crippen LogP contribution is -2.45. The quantitative estimate of drug-likeness (QED) is 0.867. The van der Waals surface area contributed by atoms with Gasteiger partial charge in [-0.05, 0) is 18.4 Å². The Morgan fingerprint density at radius 2 is 1.88 bits per heavy atom. The highest BCUT2D eigenvalue weighted by atomic mass is 16.5. The van der Waals surface area contributed by atoms with E-state index >= 15 is 0 Å². The monoisotopic (exact) mass is 328 g/mol. The third-order valence-corrected chi connectivity index (χ3v) is 4.56. The van der Waals surface area contributed by atoms with Crippen molar-refractivity contribution in [3.63, 3.8) is 0 Å². The normalized spacial score (nSPS) is 16.5. The van der Waals surface area contributed by atoms with Crippen LogP contribution in [0.15, 0.2) is 34.9 Å². The molecule has 3 rings (SSSR count). The Hall–Kier alpha value is -2.70. The van der Waals surface area contributed by atoms with Crippen LogP contribution in [0.3, 0.4) is 0 Å². The summed E-state index contributed by atoms with van der Waals surface area (Å²) in [6, 6.07) is 9.86. The lowest BCUT2D eigenvalue weighted by atomic mass is 9.68. The molecular weight excluding hydrogens is 308 g/mol. The van der Waals surface area contributed by atoms with Crippen LogP contribution in [-0.2, 0) is 16.8 Å². The van der Waals surface area contributed by atoms with E-state index < -0.39 is 11.3 Å². The molecule has 2 aromatic rings. The summed E-state index contributed by atoms with van der Waals surface area (Å²) in [6.45, 7) is 0.0771. The Labute approximate surface area is 139 Å². The van der Waals surface area contributed by atoms with Gasteiger partial charge >= 0.3 is 0 Å². The van der Waals surface area contributed by atoms with Crippen molar-refractivity contribution in [1.82, 2.24) is 15.5 Å². The van der Waals surface area contributed by atoms with Crippen LogP contribution in [0.2, 0.25) is 0 Å². The minimum Gasteiger partial charge on any atom is -0.363 e. The SMILES string of the molecule is NC(=O)c1noc(CNC(=O)C2(c3ccccc3)CCCCC2)n1. The first kappa shape index (κ1) is 16.2. The van der Waals surface area contributed by atoms with Crippen molar-refractivity contribution in [3.05, 3.63) is 47.6 Å². The van der Waals surface area contributed by atoms with Gasteiger partial charge in [0, 0.05) is 0 Å². The van der Waals surface area contributed by atoms with Crippen LogP contribution < -0.4 is 11.1 Å². The highest BCUT2D eigenvalue weighted by Gasteiger charge is 2.40. The zero-order valence-electron chi connectivity index (χ0n) is 13.3. The van der Waals surface area contributed by atoms with E-state index in [-0.39, 0.29) is 24.2 Å². The van der Waals surface area contributed by atoms with Gasteiger partial charge in [-0.1, -0.05) is 54.8 Å². The number of aromatic nitrogens is 2. The molecule has 1 heterocycles. The molecule has 1 fully saturated rings. The van der Waals surface area contributed by atoms with E-state index in [2.05, 4.69) is 15.5 Å². The summed E-state index contributed by atoms with van der Waals surface area (Å²) in [4.78, 5) is 27.8. The molecule has 1 saturated carbocycles. The average Bonchev–Trinajstić information content (AvgIpc) is 3.10. The van der Waals surface area contributed by atoms with Crippen molar-refractivity contribution in [2.45, 2.75) is 44.1 Å². The van der Waals surface area contributed by atoms with E-state index in [9.17, 15) is 9.59 Å². The number of hydrogen-bond donors (Lipinski definition) is 2. The van der Waals surface area contributed by atoms with E-state index in [1.165, 1.54) is 0 Å². The predicted octanol–water partition coefficient (Wildman–Crippen LogP) is 1.69. The molecule has 1 aromatic carbocycles. The summed E-state index contributed by atoms with van der Waals surface area (Å²) < 4.78 is 4.93. The largest absolute Gasteiger partial charge is 0.363 e.